The van der Waals surface area contributed by atoms with Crippen LogP contribution < -0.4 is 10.2 Å². The molecule has 3 heterocycles. The first-order valence-corrected chi connectivity index (χ1v) is 9.70. The Balaban J connectivity index is 1.32. The zero-order chi connectivity index (χ0) is 18.0. The Labute approximate surface area is 161 Å². The Morgan fingerprint density at radius 1 is 1.23 bits per heavy atom. The minimum absolute atomic E-state index is 0.278. The van der Waals surface area contributed by atoms with Gasteiger partial charge >= 0.3 is 6.09 Å². The van der Waals surface area contributed by atoms with Crippen molar-refractivity contribution in [3.8, 4) is 0 Å². The predicted octanol–water partition coefficient (Wildman–Crippen LogP) is 4.24. The van der Waals surface area contributed by atoms with Crippen LogP contribution in [0.1, 0.15) is 25.7 Å². The highest BCUT2D eigenvalue weighted by Crippen LogP contribution is 2.40. The quantitative estimate of drug-likeness (QED) is 0.806. The number of halogens is 1. The molecule has 6 nitrogen and oxygen atoms in total. The third-order valence-electron chi connectivity index (χ3n) is 5.21. The Hall–Kier alpha value is -2.15. The van der Waals surface area contributed by atoms with Gasteiger partial charge in [-0.25, -0.2) is 14.8 Å². The number of anilines is 2. The van der Waals surface area contributed by atoms with Gasteiger partial charge in [0, 0.05) is 23.4 Å². The SMILES string of the molecule is O=C1O[C@]2(CC[C@H](CNc3ccc(Br)cn3)CC2)CN1c1ccccn1. The van der Waals surface area contributed by atoms with Gasteiger partial charge in [0.15, 0.2) is 0 Å². The number of carbonyl (C=O) groups excluding carboxylic acids is 1. The van der Waals surface area contributed by atoms with Crippen LogP contribution in [0.25, 0.3) is 0 Å². The molecule has 0 radical (unpaired) electrons. The van der Waals surface area contributed by atoms with Crippen molar-refractivity contribution in [2.45, 2.75) is 31.3 Å². The lowest BCUT2D eigenvalue weighted by atomic mass is 9.78. The van der Waals surface area contributed by atoms with Crippen LogP contribution in [0, 0.1) is 5.92 Å². The van der Waals surface area contributed by atoms with Crippen LogP contribution in [-0.4, -0.2) is 34.8 Å². The summed E-state index contributed by atoms with van der Waals surface area (Å²) in [7, 11) is 0. The van der Waals surface area contributed by atoms with Crippen LogP contribution in [0.5, 0.6) is 0 Å². The van der Waals surface area contributed by atoms with Crippen LogP contribution in [0.2, 0.25) is 0 Å². The van der Waals surface area contributed by atoms with Crippen LogP contribution in [0.15, 0.2) is 47.2 Å². The molecule has 1 spiro atoms. The number of carbonyl (C=O) groups is 1. The molecule has 1 aliphatic carbocycles. The summed E-state index contributed by atoms with van der Waals surface area (Å²) in [4.78, 5) is 22.6. The normalized spacial score (nSPS) is 25.3. The minimum atomic E-state index is -0.360. The Morgan fingerprint density at radius 3 is 2.77 bits per heavy atom. The molecule has 1 aliphatic heterocycles. The van der Waals surface area contributed by atoms with Crippen molar-refractivity contribution in [2.24, 2.45) is 5.92 Å². The average Bonchev–Trinajstić information content (AvgIpc) is 2.99. The molecule has 0 aromatic carbocycles. The molecule has 1 saturated carbocycles. The highest BCUT2D eigenvalue weighted by atomic mass is 79.9. The molecule has 1 saturated heterocycles. The first-order valence-electron chi connectivity index (χ1n) is 8.91. The predicted molar refractivity (Wildman–Crippen MR) is 103 cm³/mol. The second kappa shape index (κ2) is 7.23. The number of nitrogens with one attached hydrogen (secondary N) is 1. The molecular weight excluding hydrogens is 396 g/mol. The van der Waals surface area contributed by atoms with Gasteiger partial charge in [-0.15, -0.1) is 0 Å². The molecular formula is C19H21BrN4O2. The number of pyridine rings is 2. The number of ether oxygens (including phenoxy) is 1. The highest BCUT2D eigenvalue weighted by Gasteiger charge is 2.47. The summed E-state index contributed by atoms with van der Waals surface area (Å²) in [6.45, 7) is 1.49. The van der Waals surface area contributed by atoms with E-state index in [1.54, 1.807) is 17.3 Å². The third-order valence-corrected chi connectivity index (χ3v) is 5.68. The summed E-state index contributed by atoms with van der Waals surface area (Å²) in [6.07, 6.45) is 7.07. The number of amides is 1. The summed E-state index contributed by atoms with van der Waals surface area (Å²) < 4.78 is 6.77. The molecule has 2 aliphatic rings. The molecule has 0 bridgehead atoms. The molecule has 4 rings (SSSR count). The summed E-state index contributed by atoms with van der Waals surface area (Å²) in [5, 5.41) is 3.40. The molecule has 2 aromatic heterocycles. The monoisotopic (exact) mass is 416 g/mol. The van der Waals surface area contributed by atoms with Crippen molar-refractivity contribution in [2.75, 3.05) is 23.3 Å². The highest BCUT2D eigenvalue weighted by molar-refractivity contribution is 9.10. The van der Waals surface area contributed by atoms with Gasteiger partial charge in [0.05, 0.1) is 6.54 Å². The van der Waals surface area contributed by atoms with Crippen molar-refractivity contribution < 1.29 is 9.53 Å². The van der Waals surface area contributed by atoms with Crippen molar-refractivity contribution in [3.05, 3.63) is 47.2 Å². The topological polar surface area (TPSA) is 67.3 Å². The molecule has 2 fully saturated rings. The summed E-state index contributed by atoms with van der Waals surface area (Å²) in [5.41, 5.74) is -0.360. The lowest BCUT2D eigenvalue weighted by molar-refractivity contribution is 0.0148. The van der Waals surface area contributed by atoms with E-state index >= 15 is 0 Å². The molecule has 1 N–H and O–H groups in total. The summed E-state index contributed by atoms with van der Waals surface area (Å²) >= 11 is 3.39. The molecule has 136 valence electrons. The maximum atomic E-state index is 12.3. The maximum absolute atomic E-state index is 12.3. The Kier molecular flexibility index (Phi) is 4.80. The van der Waals surface area contributed by atoms with Crippen molar-refractivity contribution in [3.63, 3.8) is 0 Å². The largest absolute Gasteiger partial charge is 0.441 e. The van der Waals surface area contributed by atoms with E-state index in [1.165, 1.54) is 0 Å². The molecule has 0 unspecified atom stereocenters. The second-order valence-corrected chi connectivity index (χ2v) is 7.93. The first kappa shape index (κ1) is 17.3. The number of nitrogens with zero attached hydrogens (tertiary/aromatic N) is 3. The fraction of sp³-hybridized carbons (Fsp3) is 0.421. The summed E-state index contributed by atoms with van der Waals surface area (Å²) in [6, 6.07) is 9.53. The van der Waals surface area contributed by atoms with Gasteiger partial charge in [-0.3, -0.25) is 4.90 Å². The second-order valence-electron chi connectivity index (χ2n) is 7.01. The van der Waals surface area contributed by atoms with E-state index in [2.05, 4.69) is 31.2 Å². The maximum Gasteiger partial charge on any atom is 0.416 e. The van der Waals surface area contributed by atoms with E-state index < -0.39 is 0 Å². The van der Waals surface area contributed by atoms with Crippen LogP contribution in [0.3, 0.4) is 0 Å². The molecule has 26 heavy (non-hydrogen) atoms. The van der Waals surface area contributed by atoms with Gasteiger partial charge in [-0.05, 0) is 71.8 Å². The zero-order valence-electron chi connectivity index (χ0n) is 14.4. The average molecular weight is 417 g/mol. The molecule has 1 amide bonds. The minimum Gasteiger partial charge on any atom is -0.441 e. The molecule has 0 atom stereocenters. The van der Waals surface area contributed by atoms with Crippen molar-refractivity contribution in [1.82, 2.24) is 9.97 Å². The number of hydrogen-bond acceptors (Lipinski definition) is 5. The van der Waals surface area contributed by atoms with Crippen LogP contribution in [0.4, 0.5) is 16.4 Å². The van der Waals surface area contributed by atoms with E-state index in [4.69, 9.17) is 4.74 Å². The number of hydrogen-bond donors (Lipinski definition) is 1. The zero-order valence-corrected chi connectivity index (χ0v) is 16.0. The summed E-state index contributed by atoms with van der Waals surface area (Å²) in [5.74, 6) is 2.12. The third kappa shape index (κ3) is 3.67. The smallest absolute Gasteiger partial charge is 0.416 e. The Bertz CT molecular complexity index is 761. The fourth-order valence-corrected chi connectivity index (χ4v) is 3.95. The number of rotatable bonds is 4. The first-order chi connectivity index (χ1) is 12.6. The van der Waals surface area contributed by atoms with Gasteiger partial charge in [-0.2, -0.15) is 0 Å². The van der Waals surface area contributed by atoms with Crippen molar-refractivity contribution in [1.29, 1.82) is 0 Å². The van der Waals surface area contributed by atoms with E-state index in [1.807, 2.05) is 30.3 Å². The van der Waals surface area contributed by atoms with Crippen LogP contribution in [-0.2, 0) is 4.74 Å². The van der Waals surface area contributed by atoms with Crippen molar-refractivity contribution >= 4 is 33.7 Å². The standard InChI is InChI=1S/C19H21BrN4O2/c20-15-4-5-16(23-12-15)22-11-14-6-8-19(9-7-14)13-24(18(25)26-19)17-3-1-2-10-21-17/h1-5,10,12,14H,6-9,11,13H2,(H,22,23)/t14-,19-. The van der Waals surface area contributed by atoms with Crippen LogP contribution >= 0.6 is 15.9 Å². The molecule has 7 heteroatoms. The van der Waals surface area contributed by atoms with E-state index in [0.29, 0.717) is 18.3 Å². The van der Waals surface area contributed by atoms with Gasteiger partial charge in [-0.1, -0.05) is 6.07 Å². The molecule has 2 aromatic rings. The van der Waals surface area contributed by atoms with Gasteiger partial charge in [0.2, 0.25) is 0 Å². The van der Waals surface area contributed by atoms with E-state index in [-0.39, 0.29) is 11.7 Å². The lowest BCUT2D eigenvalue weighted by Gasteiger charge is -2.35. The van der Waals surface area contributed by atoms with Gasteiger partial charge in [0.25, 0.3) is 0 Å². The van der Waals surface area contributed by atoms with E-state index in [9.17, 15) is 4.79 Å². The van der Waals surface area contributed by atoms with Gasteiger partial charge < -0.3 is 10.1 Å². The van der Waals surface area contributed by atoms with Gasteiger partial charge in [0.1, 0.15) is 17.2 Å². The Morgan fingerprint density at radius 2 is 2.08 bits per heavy atom. The van der Waals surface area contributed by atoms with E-state index in [0.717, 1.165) is 42.5 Å². The number of aromatic nitrogens is 2. The fourth-order valence-electron chi connectivity index (χ4n) is 3.71. The lowest BCUT2D eigenvalue weighted by Crippen LogP contribution is -2.39.